The SMILES string of the molecule is O=C(C1CCCO1)N1CCNCC1c1cccc(F)c1. The Labute approximate surface area is 117 Å². The van der Waals surface area contributed by atoms with Crippen LogP contribution >= 0.6 is 0 Å². The van der Waals surface area contributed by atoms with Gasteiger partial charge in [-0.1, -0.05) is 12.1 Å². The Morgan fingerprint density at radius 3 is 3.10 bits per heavy atom. The number of halogens is 1. The fraction of sp³-hybridized carbons (Fsp3) is 0.533. The first-order valence-electron chi connectivity index (χ1n) is 7.14. The van der Waals surface area contributed by atoms with E-state index in [4.69, 9.17) is 4.74 Å². The Hall–Kier alpha value is -1.46. The van der Waals surface area contributed by atoms with E-state index >= 15 is 0 Å². The highest BCUT2D eigenvalue weighted by Crippen LogP contribution is 2.26. The molecule has 2 atom stereocenters. The number of nitrogens with zero attached hydrogens (tertiary/aromatic N) is 1. The maximum absolute atomic E-state index is 13.4. The van der Waals surface area contributed by atoms with E-state index in [-0.39, 0.29) is 23.9 Å². The van der Waals surface area contributed by atoms with Crippen LogP contribution in [0.4, 0.5) is 4.39 Å². The minimum Gasteiger partial charge on any atom is -0.368 e. The molecule has 2 aliphatic heterocycles. The molecule has 1 aromatic rings. The zero-order valence-electron chi connectivity index (χ0n) is 11.3. The number of amides is 1. The fourth-order valence-corrected chi connectivity index (χ4v) is 2.94. The number of nitrogens with one attached hydrogen (secondary N) is 1. The van der Waals surface area contributed by atoms with Crippen LogP contribution in [0.15, 0.2) is 24.3 Å². The summed E-state index contributed by atoms with van der Waals surface area (Å²) >= 11 is 0. The number of ether oxygens (including phenoxy) is 1. The molecule has 20 heavy (non-hydrogen) atoms. The van der Waals surface area contributed by atoms with Crippen molar-refractivity contribution in [3.05, 3.63) is 35.6 Å². The molecule has 2 saturated heterocycles. The Bertz CT molecular complexity index is 489. The standard InChI is InChI=1S/C15H19FN2O2/c16-12-4-1-3-11(9-12)13-10-17-6-7-18(13)15(19)14-5-2-8-20-14/h1,3-4,9,13-14,17H,2,5-8,10H2. The number of hydrogen-bond donors (Lipinski definition) is 1. The molecule has 108 valence electrons. The topological polar surface area (TPSA) is 41.6 Å². The number of benzene rings is 1. The predicted molar refractivity (Wildman–Crippen MR) is 72.7 cm³/mol. The van der Waals surface area contributed by atoms with Crippen LogP contribution in [0, 0.1) is 5.82 Å². The first-order chi connectivity index (χ1) is 9.75. The normalized spacial score (nSPS) is 26.8. The van der Waals surface area contributed by atoms with Gasteiger partial charge in [-0.25, -0.2) is 4.39 Å². The summed E-state index contributed by atoms with van der Waals surface area (Å²) in [7, 11) is 0. The van der Waals surface area contributed by atoms with Gasteiger partial charge in [0.05, 0.1) is 6.04 Å². The molecule has 0 saturated carbocycles. The third-order valence-corrected chi connectivity index (χ3v) is 3.97. The summed E-state index contributed by atoms with van der Waals surface area (Å²) in [4.78, 5) is 14.4. The number of carbonyl (C=O) groups excluding carboxylic acids is 1. The van der Waals surface area contributed by atoms with Gasteiger partial charge in [-0.3, -0.25) is 4.79 Å². The van der Waals surface area contributed by atoms with Crippen molar-refractivity contribution < 1.29 is 13.9 Å². The molecule has 0 bridgehead atoms. The molecule has 4 nitrogen and oxygen atoms in total. The van der Waals surface area contributed by atoms with Crippen LogP contribution in [0.1, 0.15) is 24.4 Å². The average Bonchev–Trinajstić information content (AvgIpc) is 3.01. The van der Waals surface area contributed by atoms with Crippen LogP contribution in [0.25, 0.3) is 0 Å². The fourth-order valence-electron chi connectivity index (χ4n) is 2.94. The summed E-state index contributed by atoms with van der Waals surface area (Å²) in [6.07, 6.45) is 1.41. The predicted octanol–water partition coefficient (Wildman–Crippen LogP) is 1.48. The van der Waals surface area contributed by atoms with Gasteiger partial charge in [0.1, 0.15) is 11.9 Å². The van der Waals surface area contributed by atoms with Crippen LogP contribution in [-0.2, 0) is 9.53 Å². The third kappa shape index (κ3) is 2.69. The van der Waals surface area contributed by atoms with Gasteiger partial charge in [-0.2, -0.15) is 0 Å². The minimum absolute atomic E-state index is 0.0401. The lowest BCUT2D eigenvalue weighted by Gasteiger charge is -2.37. The number of piperazine rings is 1. The van der Waals surface area contributed by atoms with Gasteiger partial charge in [0.25, 0.3) is 5.91 Å². The van der Waals surface area contributed by atoms with Gasteiger partial charge >= 0.3 is 0 Å². The highest BCUT2D eigenvalue weighted by atomic mass is 19.1. The molecule has 2 heterocycles. The van der Waals surface area contributed by atoms with Crippen molar-refractivity contribution in [2.24, 2.45) is 0 Å². The second-order valence-electron chi connectivity index (χ2n) is 5.31. The molecule has 5 heteroatoms. The van der Waals surface area contributed by atoms with E-state index in [1.54, 1.807) is 6.07 Å². The van der Waals surface area contributed by atoms with E-state index in [1.807, 2.05) is 11.0 Å². The molecule has 1 N–H and O–H groups in total. The minimum atomic E-state index is -0.316. The second kappa shape index (κ2) is 5.89. The van der Waals surface area contributed by atoms with Crippen molar-refractivity contribution in [1.82, 2.24) is 10.2 Å². The summed E-state index contributed by atoms with van der Waals surface area (Å²) in [6.45, 7) is 2.72. The summed E-state index contributed by atoms with van der Waals surface area (Å²) in [5.41, 5.74) is 0.837. The van der Waals surface area contributed by atoms with Gasteiger partial charge in [-0.05, 0) is 30.5 Å². The van der Waals surface area contributed by atoms with E-state index < -0.39 is 0 Å². The Morgan fingerprint density at radius 2 is 2.35 bits per heavy atom. The summed E-state index contributed by atoms with van der Waals surface area (Å²) in [5, 5.41) is 3.27. The van der Waals surface area contributed by atoms with Gasteiger partial charge in [0.2, 0.25) is 0 Å². The van der Waals surface area contributed by atoms with Gasteiger partial charge in [0, 0.05) is 26.2 Å². The maximum Gasteiger partial charge on any atom is 0.252 e. The Balaban J connectivity index is 1.81. The van der Waals surface area contributed by atoms with E-state index in [9.17, 15) is 9.18 Å². The van der Waals surface area contributed by atoms with Crippen molar-refractivity contribution in [2.45, 2.75) is 25.0 Å². The number of hydrogen-bond acceptors (Lipinski definition) is 3. The molecular weight excluding hydrogens is 259 g/mol. The van der Waals surface area contributed by atoms with Crippen molar-refractivity contribution in [1.29, 1.82) is 0 Å². The zero-order chi connectivity index (χ0) is 13.9. The monoisotopic (exact) mass is 278 g/mol. The smallest absolute Gasteiger partial charge is 0.252 e. The molecule has 2 fully saturated rings. The van der Waals surface area contributed by atoms with E-state index in [0.29, 0.717) is 19.7 Å². The van der Waals surface area contributed by atoms with Crippen molar-refractivity contribution in [2.75, 3.05) is 26.2 Å². The first-order valence-corrected chi connectivity index (χ1v) is 7.14. The molecular formula is C15H19FN2O2. The second-order valence-corrected chi connectivity index (χ2v) is 5.31. The quantitative estimate of drug-likeness (QED) is 0.891. The molecule has 0 spiro atoms. The molecule has 2 aliphatic rings. The highest BCUT2D eigenvalue weighted by molar-refractivity contribution is 5.81. The van der Waals surface area contributed by atoms with Gasteiger partial charge < -0.3 is 15.0 Å². The van der Waals surface area contributed by atoms with Gasteiger partial charge in [-0.15, -0.1) is 0 Å². The summed E-state index contributed by atoms with van der Waals surface area (Å²) in [6, 6.07) is 6.38. The summed E-state index contributed by atoms with van der Waals surface area (Å²) in [5.74, 6) is -0.226. The van der Waals surface area contributed by atoms with Crippen molar-refractivity contribution >= 4 is 5.91 Å². The third-order valence-electron chi connectivity index (χ3n) is 3.97. The Morgan fingerprint density at radius 1 is 1.45 bits per heavy atom. The van der Waals surface area contributed by atoms with Crippen molar-refractivity contribution in [3.63, 3.8) is 0 Å². The number of carbonyl (C=O) groups is 1. The zero-order valence-corrected chi connectivity index (χ0v) is 11.3. The lowest BCUT2D eigenvalue weighted by atomic mass is 10.0. The molecule has 1 aromatic carbocycles. The van der Waals surface area contributed by atoms with E-state index in [0.717, 1.165) is 24.9 Å². The Kier molecular flexibility index (Phi) is 3.98. The van der Waals surface area contributed by atoms with E-state index in [1.165, 1.54) is 12.1 Å². The average molecular weight is 278 g/mol. The molecule has 0 aliphatic carbocycles. The maximum atomic E-state index is 13.4. The molecule has 0 radical (unpaired) electrons. The van der Waals surface area contributed by atoms with E-state index in [2.05, 4.69) is 5.32 Å². The molecule has 2 unspecified atom stereocenters. The number of rotatable bonds is 2. The largest absolute Gasteiger partial charge is 0.368 e. The van der Waals surface area contributed by atoms with Gasteiger partial charge in [0.15, 0.2) is 0 Å². The molecule has 3 rings (SSSR count). The highest BCUT2D eigenvalue weighted by Gasteiger charge is 2.34. The van der Waals surface area contributed by atoms with Crippen LogP contribution in [0.3, 0.4) is 0 Å². The molecule has 1 amide bonds. The van der Waals surface area contributed by atoms with Crippen LogP contribution in [-0.4, -0.2) is 43.2 Å². The van der Waals surface area contributed by atoms with Crippen LogP contribution in [0.2, 0.25) is 0 Å². The van der Waals surface area contributed by atoms with Crippen LogP contribution < -0.4 is 5.32 Å². The lowest BCUT2D eigenvalue weighted by molar-refractivity contribution is -0.144. The summed E-state index contributed by atoms with van der Waals surface area (Å²) < 4.78 is 18.9. The lowest BCUT2D eigenvalue weighted by Crippen LogP contribution is -2.51. The van der Waals surface area contributed by atoms with Crippen LogP contribution in [0.5, 0.6) is 0 Å². The van der Waals surface area contributed by atoms with Crippen molar-refractivity contribution in [3.8, 4) is 0 Å². The molecule has 0 aromatic heterocycles. The first kappa shape index (κ1) is 13.5.